The first kappa shape index (κ1) is 33.7. The fourth-order valence-electron chi connectivity index (χ4n) is 9.08. The molecule has 266 valence electrons. The van der Waals surface area contributed by atoms with E-state index in [1.54, 1.807) is 0 Å². The minimum Gasteiger partial charge on any atom is -0.228 e. The van der Waals surface area contributed by atoms with Crippen LogP contribution >= 0.6 is 0 Å². The lowest BCUT2D eigenvalue weighted by Gasteiger charge is -2.36. The Bertz CT molecular complexity index is 2750. The summed E-state index contributed by atoms with van der Waals surface area (Å²) < 4.78 is 0. The number of fused-ring (bicyclic) bond motifs is 5. The van der Waals surface area contributed by atoms with Gasteiger partial charge in [0.2, 0.25) is 0 Å². The van der Waals surface area contributed by atoms with E-state index < -0.39 is 0 Å². The Morgan fingerprint density at radius 3 is 1.61 bits per heavy atom. The number of nitrogens with zero attached hydrogens (tertiary/aromatic N) is 3. The van der Waals surface area contributed by atoms with Crippen LogP contribution in [0.2, 0.25) is 0 Å². The minimum atomic E-state index is 0.0418. The normalized spacial score (nSPS) is 13.8. The summed E-state index contributed by atoms with van der Waals surface area (Å²) in [5.74, 6) is 0.706. The second-order valence-electron chi connectivity index (χ2n) is 15.2. The zero-order valence-corrected chi connectivity index (χ0v) is 31.1. The molecule has 10 rings (SSSR count). The van der Waals surface area contributed by atoms with Crippen molar-refractivity contribution in [3.05, 3.63) is 193 Å². The molecule has 0 N–H and O–H groups in total. The SMILES string of the molecule is N#Cc1ccc2c(c1)-c1ccc(-c3ccc(-c4cccc(-c5cc(-c6ccc(-c7ccccc7)cc6)nc(-c6ccccc6)n5)c4)cc3)cc1C21CCCCC1. The molecule has 8 aromatic rings. The van der Waals surface area contributed by atoms with Gasteiger partial charge in [-0.3, -0.25) is 0 Å². The van der Waals surface area contributed by atoms with E-state index in [4.69, 9.17) is 9.97 Å². The van der Waals surface area contributed by atoms with Crippen molar-refractivity contribution in [3.8, 4) is 84.5 Å². The maximum Gasteiger partial charge on any atom is 0.160 e. The van der Waals surface area contributed by atoms with Gasteiger partial charge in [-0.05, 0) is 98.8 Å². The summed E-state index contributed by atoms with van der Waals surface area (Å²) >= 11 is 0. The first-order chi connectivity index (χ1) is 27.6. The average Bonchev–Trinajstić information content (AvgIpc) is 3.54. The van der Waals surface area contributed by atoms with Gasteiger partial charge in [-0.2, -0.15) is 5.26 Å². The average molecular weight is 718 g/mol. The molecule has 1 heterocycles. The largest absolute Gasteiger partial charge is 0.228 e. The highest BCUT2D eigenvalue weighted by atomic mass is 14.9. The molecule has 0 radical (unpaired) electrons. The van der Waals surface area contributed by atoms with Crippen LogP contribution in [0.4, 0.5) is 0 Å². The monoisotopic (exact) mass is 717 g/mol. The first-order valence-electron chi connectivity index (χ1n) is 19.7. The number of nitriles is 1. The Morgan fingerprint density at radius 2 is 0.929 bits per heavy atom. The fourth-order valence-corrected chi connectivity index (χ4v) is 9.08. The van der Waals surface area contributed by atoms with E-state index in [9.17, 15) is 5.26 Å². The summed E-state index contributed by atoms with van der Waals surface area (Å²) in [5, 5.41) is 9.68. The molecule has 0 unspecified atom stereocenters. The number of aromatic nitrogens is 2. The molecule has 56 heavy (non-hydrogen) atoms. The van der Waals surface area contributed by atoms with E-state index in [1.165, 1.54) is 76.6 Å². The van der Waals surface area contributed by atoms with Crippen molar-refractivity contribution in [3.63, 3.8) is 0 Å². The molecule has 0 saturated heterocycles. The highest BCUT2D eigenvalue weighted by molar-refractivity contribution is 5.85. The van der Waals surface area contributed by atoms with Gasteiger partial charge in [0.15, 0.2) is 5.82 Å². The smallest absolute Gasteiger partial charge is 0.160 e. The van der Waals surface area contributed by atoms with Crippen LogP contribution in [-0.4, -0.2) is 9.97 Å². The fraction of sp³-hybridized carbons (Fsp3) is 0.113. The number of rotatable bonds is 6. The van der Waals surface area contributed by atoms with Crippen LogP contribution in [0.3, 0.4) is 0 Å². The molecule has 1 spiro atoms. The van der Waals surface area contributed by atoms with E-state index in [1.807, 2.05) is 30.3 Å². The van der Waals surface area contributed by atoms with Crippen molar-refractivity contribution in [2.75, 3.05) is 0 Å². The Morgan fingerprint density at radius 1 is 0.393 bits per heavy atom. The maximum atomic E-state index is 9.68. The van der Waals surface area contributed by atoms with Crippen molar-refractivity contribution in [1.82, 2.24) is 9.97 Å². The van der Waals surface area contributed by atoms with Crippen LogP contribution in [-0.2, 0) is 5.41 Å². The van der Waals surface area contributed by atoms with Crippen molar-refractivity contribution in [2.45, 2.75) is 37.5 Å². The molecule has 3 heteroatoms. The van der Waals surface area contributed by atoms with E-state index in [2.05, 4.69) is 152 Å². The summed E-state index contributed by atoms with van der Waals surface area (Å²) in [6.45, 7) is 0. The zero-order chi connectivity index (χ0) is 37.5. The van der Waals surface area contributed by atoms with Gasteiger partial charge in [-0.25, -0.2) is 9.97 Å². The zero-order valence-electron chi connectivity index (χ0n) is 31.1. The third kappa shape index (κ3) is 6.01. The second-order valence-corrected chi connectivity index (χ2v) is 15.2. The maximum absolute atomic E-state index is 9.68. The summed E-state index contributed by atoms with van der Waals surface area (Å²) in [6.07, 6.45) is 6.10. The summed E-state index contributed by atoms with van der Waals surface area (Å²) in [4.78, 5) is 10.2. The Balaban J connectivity index is 0.979. The molecule has 0 amide bonds. The predicted octanol–water partition coefficient (Wildman–Crippen LogP) is 13.6. The molecule has 1 saturated carbocycles. The Hall–Kier alpha value is -6.89. The molecule has 1 fully saturated rings. The van der Waals surface area contributed by atoms with Gasteiger partial charge in [0.05, 0.1) is 23.0 Å². The van der Waals surface area contributed by atoms with Crippen LogP contribution in [0, 0.1) is 11.3 Å². The lowest BCUT2D eigenvalue weighted by molar-refractivity contribution is 0.353. The van der Waals surface area contributed by atoms with Gasteiger partial charge in [-0.15, -0.1) is 0 Å². The topological polar surface area (TPSA) is 49.6 Å². The summed E-state index contributed by atoms with van der Waals surface area (Å²) in [7, 11) is 0. The Labute approximate surface area is 328 Å². The van der Waals surface area contributed by atoms with Gasteiger partial charge in [0.1, 0.15) is 0 Å². The molecule has 0 aliphatic heterocycles. The molecule has 0 bridgehead atoms. The molecule has 0 atom stereocenters. The van der Waals surface area contributed by atoms with Crippen molar-refractivity contribution in [2.24, 2.45) is 0 Å². The van der Waals surface area contributed by atoms with Crippen LogP contribution in [0.25, 0.3) is 78.4 Å². The van der Waals surface area contributed by atoms with E-state index in [0.717, 1.165) is 44.8 Å². The number of benzene rings is 7. The van der Waals surface area contributed by atoms with Gasteiger partial charge in [0, 0.05) is 22.1 Å². The van der Waals surface area contributed by atoms with Gasteiger partial charge >= 0.3 is 0 Å². The summed E-state index contributed by atoms with van der Waals surface area (Å²) in [6, 6.07) is 64.8. The van der Waals surface area contributed by atoms with Crippen molar-refractivity contribution < 1.29 is 0 Å². The highest BCUT2D eigenvalue weighted by Gasteiger charge is 2.43. The van der Waals surface area contributed by atoms with Crippen LogP contribution < -0.4 is 0 Å². The lowest BCUT2D eigenvalue weighted by atomic mass is 9.67. The molecule has 1 aromatic heterocycles. The third-order valence-corrected chi connectivity index (χ3v) is 12.0. The standard InChI is InChI=1S/C53H39N3/c54-35-36-17-28-48-47(31-36)46-27-26-44(33-49(46)53(48)29-8-3-9-30-53)40-20-18-39(19-21-40)43-15-10-16-45(32-43)51-34-50(55-52(56-51)42-13-6-2-7-14-42)41-24-22-38(23-25-41)37-11-4-1-5-12-37/h1-2,4-7,10-28,31-34H,3,8-9,29-30H2. The second kappa shape index (κ2) is 14.1. The third-order valence-electron chi connectivity index (χ3n) is 12.0. The minimum absolute atomic E-state index is 0.0418. The quantitative estimate of drug-likeness (QED) is 0.172. The number of hydrogen-bond acceptors (Lipinski definition) is 3. The molecule has 2 aliphatic carbocycles. The van der Waals surface area contributed by atoms with Gasteiger partial charge in [0.25, 0.3) is 0 Å². The predicted molar refractivity (Wildman–Crippen MR) is 229 cm³/mol. The van der Waals surface area contributed by atoms with E-state index >= 15 is 0 Å². The van der Waals surface area contributed by atoms with Crippen LogP contribution in [0.1, 0.15) is 48.8 Å². The van der Waals surface area contributed by atoms with Crippen molar-refractivity contribution in [1.29, 1.82) is 5.26 Å². The molecule has 7 aromatic carbocycles. The highest BCUT2D eigenvalue weighted by Crippen LogP contribution is 2.56. The van der Waals surface area contributed by atoms with Gasteiger partial charge < -0.3 is 0 Å². The van der Waals surface area contributed by atoms with Crippen LogP contribution in [0.5, 0.6) is 0 Å². The first-order valence-corrected chi connectivity index (χ1v) is 19.7. The van der Waals surface area contributed by atoms with Crippen LogP contribution in [0.15, 0.2) is 176 Å². The molecule has 3 nitrogen and oxygen atoms in total. The van der Waals surface area contributed by atoms with Gasteiger partial charge in [-0.1, -0.05) is 165 Å². The molecular weight excluding hydrogens is 679 g/mol. The molecule has 2 aliphatic rings. The summed E-state index contributed by atoms with van der Waals surface area (Å²) in [5.41, 5.74) is 18.1. The number of hydrogen-bond donors (Lipinski definition) is 0. The Kier molecular flexibility index (Phi) is 8.46. The lowest BCUT2D eigenvalue weighted by Crippen LogP contribution is -2.28. The molecular formula is C53H39N3. The van der Waals surface area contributed by atoms with E-state index in [-0.39, 0.29) is 5.41 Å². The van der Waals surface area contributed by atoms with E-state index in [0.29, 0.717) is 5.82 Å². The van der Waals surface area contributed by atoms with Crippen molar-refractivity contribution >= 4 is 0 Å².